The van der Waals surface area contributed by atoms with Crippen LogP contribution in [0, 0.1) is 6.92 Å². The molecule has 2 heterocycles. The minimum atomic E-state index is -0.0762. The van der Waals surface area contributed by atoms with Gasteiger partial charge in [0.2, 0.25) is 11.8 Å². The summed E-state index contributed by atoms with van der Waals surface area (Å²) in [6.07, 6.45) is 4.20. The van der Waals surface area contributed by atoms with Gasteiger partial charge in [0.25, 0.3) is 0 Å². The molecule has 1 aliphatic heterocycles. The molecule has 6 nitrogen and oxygen atoms in total. The van der Waals surface area contributed by atoms with Crippen LogP contribution in [0.3, 0.4) is 0 Å². The Bertz CT molecular complexity index is 672. The minimum absolute atomic E-state index is 0.0762. The van der Waals surface area contributed by atoms with E-state index in [1.54, 1.807) is 6.92 Å². The Labute approximate surface area is 148 Å². The Hall–Kier alpha value is -2.21. The number of hydrogen-bond acceptors (Lipinski definition) is 5. The van der Waals surface area contributed by atoms with Crippen LogP contribution in [0.25, 0.3) is 0 Å². The van der Waals surface area contributed by atoms with Crippen molar-refractivity contribution in [2.45, 2.75) is 51.7 Å². The average molecular weight is 343 g/mol. The van der Waals surface area contributed by atoms with Gasteiger partial charge in [-0.25, -0.2) is 0 Å². The van der Waals surface area contributed by atoms with Crippen LogP contribution in [0.5, 0.6) is 0 Å². The summed E-state index contributed by atoms with van der Waals surface area (Å²) < 4.78 is 11.0. The predicted molar refractivity (Wildman–Crippen MR) is 92.7 cm³/mol. The molecule has 3 rings (SSSR count). The Morgan fingerprint density at radius 2 is 2.16 bits per heavy atom. The lowest BCUT2D eigenvalue weighted by Crippen LogP contribution is -2.38. The molecule has 1 aromatic carbocycles. The Morgan fingerprint density at radius 1 is 1.32 bits per heavy atom. The Morgan fingerprint density at radius 3 is 2.92 bits per heavy atom. The standard InChI is InChI=1S/C19H25N3O3/c1-15-20-19(25-21-15)17-10-5-6-12-22(17)18(23)11-7-13-24-14-16-8-3-2-4-9-16/h2-4,8-9,17H,5-7,10-14H2,1H3/t17-/m0/s1. The first kappa shape index (κ1) is 17.6. The third-order valence-electron chi connectivity index (χ3n) is 4.44. The maximum absolute atomic E-state index is 12.6. The minimum Gasteiger partial charge on any atom is -0.377 e. The molecule has 0 bridgehead atoms. The average Bonchev–Trinajstić information content (AvgIpc) is 3.08. The van der Waals surface area contributed by atoms with Crippen LogP contribution >= 0.6 is 0 Å². The monoisotopic (exact) mass is 343 g/mol. The number of hydrogen-bond donors (Lipinski definition) is 0. The zero-order chi connectivity index (χ0) is 17.5. The second-order valence-corrected chi connectivity index (χ2v) is 6.42. The first-order valence-electron chi connectivity index (χ1n) is 8.95. The topological polar surface area (TPSA) is 68.5 Å². The molecule has 0 aliphatic carbocycles. The molecule has 2 aromatic rings. The fraction of sp³-hybridized carbons (Fsp3) is 0.526. The number of carbonyl (C=O) groups is 1. The van der Waals surface area contributed by atoms with Gasteiger partial charge in [-0.15, -0.1) is 0 Å². The number of aromatic nitrogens is 2. The van der Waals surface area contributed by atoms with Crippen molar-refractivity contribution in [3.05, 3.63) is 47.6 Å². The lowest BCUT2D eigenvalue weighted by Gasteiger charge is -2.33. The highest BCUT2D eigenvalue weighted by molar-refractivity contribution is 5.76. The van der Waals surface area contributed by atoms with Crippen molar-refractivity contribution in [1.82, 2.24) is 15.0 Å². The summed E-state index contributed by atoms with van der Waals surface area (Å²) in [5.41, 5.74) is 1.15. The number of carbonyl (C=O) groups excluding carboxylic acids is 1. The largest absolute Gasteiger partial charge is 0.377 e. The molecule has 0 spiro atoms. The van der Waals surface area contributed by atoms with Gasteiger partial charge >= 0.3 is 0 Å². The van der Waals surface area contributed by atoms with E-state index in [1.165, 1.54) is 0 Å². The maximum Gasteiger partial charge on any atom is 0.249 e. The molecule has 0 radical (unpaired) electrons. The quantitative estimate of drug-likeness (QED) is 0.721. The molecule has 134 valence electrons. The third kappa shape index (κ3) is 4.89. The van der Waals surface area contributed by atoms with Gasteiger partial charge in [0.1, 0.15) is 6.04 Å². The molecule has 6 heteroatoms. The van der Waals surface area contributed by atoms with Crippen molar-refractivity contribution in [2.75, 3.05) is 13.2 Å². The number of benzene rings is 1. The van der Waals surface area contributed by atoms with E-state index in [0.717, 1.165) is 37.8 Å². The van der Waals surface area contributed by atoms with Gasteiger partial charge in [-0.1, -0.05) is 35.5 Å². The third-order valence-corrected chi connectivity index (χ3v) is 4.44. The van der Waals surface area contributed by atoms with Crippen LogP contribution in [-0.2, 0) is 16.1 Å². The lowest BCUT2D eigenvalue weighted by molar-refractivity contribution is -0.136. The van der Waals surface area contributed by atoms with Crippen molar-refractivity contribution < 1.29 is 14.1 Å². The molecule has 0 unspecified atom stereocenters. The maximum atomic E-state index is 12.6. The normalized spacial score (nSPS) is 17.6. The predicted octanol–water partition coefficient (Wildman–Crippen LogP) is 3.43. The summed E-state index contributed by atoms with van der Waals surface area (Å²) >= 11 is 0. The molecule has 1 aromatic heterocycles. The summed E-state index contributed by atoms with van der Waals surface area (Å²) in [5.74, 6) is 1.32. The fourth-order valence-electron chi connectivity index (χ4n) is 3.17. The van der Waals surface area contributed by atoms with Crippen LogP contribution in [0.15, 0.2) is 34.9 Å². The van der Waals surface area contributed by atoms with Crippen LogP contribution in [0.2, 0.25) is 0 Å². The molecule has 1 saturated heterocycles. The zero-order valence-electron chi connectivity index (χ0n) is 14.7. The summed E-state index contributed by atoms with van der Waals surface area (Å²) in [7, 11) is 0. The van der Waals surface area contributed by atoms with Gasteiger partial charge < -0.3 is 14.2 Å². The van der Waals surface area contributed by atoms with E-state index < -0.39 is 0 Å². The molecular weight excluding hydrogens is 318 g/mol. The van der Waals surface area contributed by atoms with Crippen LogP contribution < -0.4 is 0 Å². The molecule has 0 N–H and O–H groups in total. The van der Waals surface area contributed by atoms with E-state index in [-0.39, 0.29) is 11.9 Å². The molecular formula is C19H25N3O3. The van der Waals surface area contributed by atoms with E-state index >= 15 is 0 Å². The van der Waals surface area contributed by atoms with Gasteiger partial charge in [-0.2, -0.15) is 4.98 Å². The first-order valence-corrected chi connectivity index (χ1v) is 8.95. The van der Waals surface area contributed by atoms with Gasteiger partial charge in [0.15, 0.2) is 5.82 Å². The number of nitrogens with zero attached hydrogens (tertiary/aromatic N) is 3. The number of piperidine rings is 1. The smallest absolute Gasteiger partial charge is 0.249 e. The van der Waals surface area contributed by atoms with Crippen molar-refractivity contribution in [1.29, 1.82) is 0 Å². The van der Waals surface area contributed by atoms with Crippen molar-refractivity contribution in [2.24, 2.45) is 0 Å². The zero-order valence-corrected chi connectivity index (χ0v) is 14.7. The summed E-state index contributed by atoms with van der Waals surface area (Å²) in [6.45, 7) is 3.73. The van der Waals surface area contributed by atoms with E-state index in [9.17, 15) is 4.79 Å². The summed E-state index contributed by atoms with van der Waals surface area (Å²) in [5, 5.41) is 3.86. The van der Waals surface area contributed by atoms with Crippen molar-refractivity contribution >= 4 is 5.91 Å². The molecule has 25 heavy (non-hydrogen) atoms. The molecule has 1 amide bonds. The molecule has 1 fully saturated rings. The number of likely N-dealkylation sites (tertiary alicyclic amines) is 1. The number of ether oxygens (including phenoxy) is 1. The van der Waals surface area contributed by atoms with Gasteiger partial charge in [0, 0.05) is 19.6 Å². The second-order valence-electron chi connectivity index (χ2n) is 6.42. The Kier molecular flexibility index (Phi) is 6.17. The van der Waals surface area contributed by atoms with Gasteiger partial charge in [0.05, 0.1) is 6.61 Å². The number of amides is 1. The highest BCUT2D eigenvalue weighted by Crippen LogP contribution is 2.30. The van der Waals surface area contributed by atoms with E-state index in [1.807, 2.05) is 35.2 Å². The van der Waals surface area contributed by atoms with Crippen LogP contribution in [0.1, 0.15) is 55.4 Å². The van der Waals surface area contributed by atoms with E-state index in [0.29, 0.717) is 31.3 Å². The first-order chi connectivity index (χ1) is 12.2. The van der Waals surface area contributed by atoms with Gasteiger partial charge in [-0.3, -0.25) is 4.79 Å². The molecule has 0 saturated carbocycles. The van der Waals surface area contributed by atoms with E-state index in [4.69, 9.17) is 9.26 Å². The molecule has 1 aliphatic rings. The highest BCUT2D eigenvalue weighted by Gasteiger charge is 2.31. The number of aryl methyl sites for hydroxylation is 1. The van der Waals surface area contributed by atoms with Crippen molar-refractivity contribution in [3.63, 3.8) is 0 Å². The summed E-state index contributed by atoms with van der Waals surface area (Å²) in [6, 6.07) is 9.98. The van der Waals surface area contributed by atoms with Gasteiger partial charge in [-0.05, 0) is 38.2 Å². The number of rotatable bonds is 7. The van der Waals surface area contributed by atoms with Crippen molar-refractivity contribution in [3.8, 4) is 0 Å². The SMILES string of the molecule is Cc1noc([C@@H]2CCCCN2C(=O)CCCOCc2ccccc2)n1. The van der Waals surface area contributed by atoms with E-state index in [2.05, 4.69) is 10.1 Å². The lowest BCUT2D eigenvalue weighted by atomic mass is 10.0. The molecule has 1 atom stereocenters. The Balaban J connectivity index is 1.44. The fourth-order valence-corrected chi connectivity index (χ4v) is 3.17. The summed E-state index contributed by atoms with van der Waals surface area (Å²) in [4.78, 5) is 18.8. The highest BCUT2D eigenvalue weighted by atomic mass is 16.5. The second kappa shape index (κ2) is 8.76. The van der Waals surface area contributed by atoms with Crippen LogP contribution in [-0.4, -0.2) is 34.1 Å². The van der Waals surface area contributed by atoms with Crippen LogP contribution in [0.4, 0.5) is 0 Å².